The number of nitrogens with one attached hydrogen (secondary N) is 1. The number of hydrogen-bond acceptors (Lipinski definition) is 4. The lowest BCUT2D eigenvalue weighted by Gasteiger charge is -2.18. The van der Waals surface area contributed by atoms with Gasteiger partial charge >= 0.3 is 0 Å². The maximum atomic E-state index is 4.08. The van der Waals surface area contributed by atoms with E-state index in [-0.39, 0.29) is 0 Å². The van der Waals surface area contributed by atoms with Gasteiger partial charge in [-0.25, -0.2) is 0 Å². The van der Waals surface area contributed by atoms with Gasteiger partial charge in [-0.05, 0) is 24.2 Å². The van der Waals surface area contributed by atoms with Crippen molar-refractivity contribution in [2.24, 2.45) is 0 Å². The molecule has 3 nitrogen and oxygen atoms in total. The van der Waals surface area contributed by atoms with E-state index in [4.69, 9.17) is 0 Å². The first kappa shape index (κ1) is 15.2. The van der Waals surface area contributed by atoms with Crippen molar-refractivity contribution in [3.8, 4) is 0 Å². The van der Waals surface area contributed by atoms with Gasteiger partial charge in [0.15, 0.2) is 0 Å². The van der Waals surface area contributed by atoms with Gasteiger partial charge in [0.05, 0.1) is 5.51 Å². The third-order valence-electron chi connectivity index (χ3n) is 3.44. The smallest absolute Gasteiger partial charge is 0.0794 e. The lowest BCUT2D eigenvalue weighted by molar-refractivity contribution is 0.296. The maximum absolute atomic E-state index is 4.08. The molecule has 0 saturated carbocycles. The van der Waals surface area contributed by atoms with Crippen LogP contribution in [0.3, 0.4) is 0 Å². The highest BCUT2D eigenvalue weighted by Gasteiger charge is 2.01. The van der Waals surface area contributed by atoms with Crippen LogP contribution in [0.2, 0.25) is 0 Å². The van der Waals surface area contributed by atoms with Crippen LogP contribution in [0.4, 0.5) is 0 Å². The molecule has 0 aliphatic heterocycles. The second-order valence-corrected chi connectivity index (χ2v) is 5.82. The fourth-order valence-corrected chi connectivity index (χ4v) is 2.69. The van der Waals surface area contributed by atoms with Gasteiger partial charge in [-0.3, -0.25) is 9.88 Å². The van der Waals surface area contributed by atoms with E-state index in [1.54, 1.807) is 11.3 Å². The molecule has 0 amide bonds. The zero-order chi connectivity index (χ0) is 14.2. The predicted octanol–water partition coefficient (Wildman–Crippen LogP) is 3.27. The quantitative estimate of drug-likeness (QED) is 0.808. The Morgan fingerprint density at radius 3 is 2.35 bits per heavy atom. The predicted molar refractivity (Wildman–Crippen MR) is 85.7 cm³/mol. The van der Waals surface area contributed by atoms with Gasteiger partial charge in [0.25, 0.3) is 0 Å². The summed E-state index contributed by atoms with van der Waals surface area (Å²) in [6, 6.07) is 8.92. The molecule has 0 aliphatic rings. The first-order valence-electron chi connectivity index (χ1n) is 7.20. The summed E-state index contributed by atoms with van der Waals surface area (Å²) in [6.07, 6.45) is 1.92. The summed E-state index contributed by atoms with van der Waals surface area (Å²) < 4.78 is 0. The Balaban J connectivity index is 1.79. The van der Waals surface area contributed by atoms with Gasteiger partial charge in [0.2, 0.25) is 0 Å². The molecule has 0 unspecified atom stereocenters. The van der Waals surface area contributed by atoms with Crippen LogP contribution >= 0.6 is 11.3 Å². The molecule has 108 valence electrons. The molecule has 1 N–H and O–H groups in total. The Kier molecular flexibility index (Phi) is 6.18. The van der Waals surface area contributed by atoms with E-state index in [9.17, 15) is 0 Å². The summed E-state index contributed by atoms with van der Waals surface area (Å²) >= 11 is 1.69. The number of nitrogens with zero attached hydrogens (tertiary/aromatic N) is 2. The monoisotopic (exact) mass is 289 g/mol. The average Bonchev–Trinajstić information content (AvgIpc) is 2.99. The summed E-state index contributed by atoms with van der Waals surface area (Å²) in [4.78, 5) is 7.79. The van der Waals surface area contributed by atoms with Crippen LogP contribution in [0.1, 0.15) is 29.9 Å². The third kappa shape index (κ3) is 4.71. The minimum Gasteiger partial charge on any atom is -0.308 e. The number of rotatable bonds is 8. The van der Waals surface area contributed by atoms with Crippen molar-refractivity contribution in [2.45, 2.75) is 33.5 Å². The lowest BCUT2D eigenvalue weighted by Crippen LogP contribution is -2.22. The molecule has 4 heteroatoms. The molecule has 0 atom stereocenters. The minimum atomic E-state index is 0.895. The van der Waals surface area contributed by atoms with Crippen molar-refractivity contribution in [1.29, 1.82) is 0 Å². The van der Waals surface area contributed by atoms with Crippen LogP contribution in [0, 0.1) is 0 Å². The molecule has 1 heterocycles. The largest absolute Gasteiger partial charge is 0.308 e. The van der Waals surface area contributed by atoms with Gasteiger partial charge < -0.3 is 5.32 Å². The highest BCUT2D eigenvalue weighted by atomic mass is 32.1. The van der Waals surface area contributed by atoms with Gasteiger partial charge in [0, 0.05) is 30.7 Å². The van der Waals surface area contributed by atoms with Gasteiger partial charge in [-0.1, -0.05) is 38.1 Å². The molecule has 1 aromatic heterocycles. The van der Waals surface area contributed by atoms with Crippen molar-refractivity contribution in [1.82, 2.24) is 15.2 Å². The molecule has 2 aromatic rings. The molecule has 0 spiro atoms. The SMILES string of the molecule is CCN(CC)Cc1ccc(CNCc2cncs2)cc1. The number of hydrogen-bond donors (Lipinski definition) is 1. The third-order valence-corrected chi connectivity index (χ3v) is 4.22. The second kappa shape index (κ2) is 8.15. The molecule has 2 rings (SSSR count). The highest BCUT2D eigenvalue weighted by molar-refractivity contribution is 7.09. The standard InChI is InChI=1S/C16H23N3S/c1-3-19(4-2)12-15-7-5-14(6-8-15)9-17-10-16-11-18-13-20-16/h5-8,11,13,17H,3-4,9-10,12H2,1-2H3. The molecule has 0 aliphatic carbocycles. The Labute approximate surface area is 125 Å². The van der Waals surface area contributed by atoms with Crippen molar-refractivity contribution in [3.63, 3.8) is 0 Å². The molecule has 0 bridgehead atoms. The highest BCUT2D eigenvalue weighted by Crippen LogP contribution is 2.09. The van der Waals surface area contributed by atoms with Gasteiger partial charge in [-0.15, -0.1) is 11.3 Å². The Morgan fingerprint density at radius 2 is 1.75 bits per heavy atom. The van der Waals surface area contributed by atoms with Crippen LogP contribution < -0.4 is 5.32 Å². The van der Waals surface area contributed by atoms with Gasteiger partial charge in [-0.2, -0.15) is 0 Å². The number of aromatic nitrogens is 1. The van der Waals surface area contributed by atoms with E-state index < -0.39 is 0 Å². The fourth-order valence-electron chi connectivity index (χ4n) is 2.13. The Hall–Kier alpha value is -1.23. The van der Waals surface area contributed by atoms with Crippen LogP contribution in [-0.2, 0) is 19.6 Å². The van der Waals surface area contributed by atoms with Gasteiger partial charge in [0.1, 0.15) is 0 Å². The van der Waals surface area contributed by atoms with E-state index in [2.05, 4.69) is 53.3 Å². The Morgan fingerprint density at radius 1 is 1.05 bits per heavy atom. The van der Waals surface area contributed by atoms with Crippen molar-refractivity contribution < 1.29 is 0 Å². The van der Waals surface area contributed by atoms with Crippen molar-refractivity contribution in [3.05, 3.63) is 52.0 Å². The van der Waals surface area contributed by atoms with E-state index in [0.29, 0.717) is 0 Å². The molecule has 1 aromatic carbocycles. The summed E-state index contributed by atoms with van der Waals surface area (Å²) in [5.41, 5.74) is 4.59. The van der Waals surface area contributed by atoms with E-state index >= 15 is 0 Å². The molecule has 20 heavy (non-hydrogen) atoms. The first-order chi connectivity index (χ1) is 9.81. The summed E-state index contributed by atoms with van der Waals surface area (Å²) in [6.45, 7) is 9.47. The van der Waals surface area contributed by atoms with E-state index in [0.717, 1.165) is 32.7 Å². The normalized spacial score (nSPS) is 11.2. The minimum absolute atomic E-state index is 0.895. The second-order valence-electron chi connectivity index (χ2n) is 4.85. The van der Waals surface area contributed by atoms with Crippen LogP contribution in [0.25, 0.3) is 0 Å². The zero-order valence-corrected chi connectivity index (χ0v) is 13.1. The van der Waals surface area contributed by atoms with Crippen molar-refractivity contribution >= 4 is 11.3 Å². The van der Waals surface area contributed by atoms with E-state index in [1.165, 1.54) is 16.0 Å². The number of thiazole rings is 1. The summed E-state index contributed by atoms with van der Waals surface area (Å²) in [7, 11) is 0. The summed E-state index contributed by atoms with van der Waals surface area (Å²) in [5, 5.41) is 3.45. The van der Waals surface area contributed by atoms with E-state index in [1.807, 2.05) is 11.7 Å². The van der Waals surface area contributed by atoms with Crippen LogP contribution in [0.5, 0.6) is 0 Å². The Bertz CT molecular complexity index is 475. The van der Waals surface area contributed by atoms with Crippen LogP contribution in [-0.4, -0.2) is 23.0 Å². The topological polar surface area (TPSA) is 28.2 Å². The molecular formula is C16H23N3S. The molecule has 0 saturated heterocycles. The lowest BCUT2D eigenvalue weighted by atomic mass is 10.1. The first-order valence-corrected chi connectivity index (χ1v) is 8.08. The summed E-state index contributed by atoms with van der Waals surface area (Å²) in [5.74, 6) is 0. The maximum Gasteiger partial charge on any atom is 0.0794 e. The number of benzene rings is 1. The van der Waals surface area contributed by atoms with Crippen molar-refractivity contribution in [2.75, 3.05) is 13.1 Å². The average molecular weight is 289 g/mol. The zero-order valence-electron chi connectivity index (χ0n) is 12.3. The van der Waals surface area contributed by atoms with Crippen LogP contribution in [0.15, 0.2) is 36.0 Å². The molecular weight excluding hydrogens is 266 g/mol. The molecule has 0 fully saturated rings. The fraction of sp³-hybridized carbons (Fsp3) is 0.438. The molecule has 0 radical (unpaired) electrons.